The molecule has 0 spiro atoms. The van der Waals surface area contributed by atoms with Crippen molar-refractivity contribution in [2.45, 2.75) is 51.5 Å². The molecule has 134 valence electrons. The van der Waals surface area contributed by atoms with E-state index >= 15 is 0 Å². The zero-order valence-corrected chi connectivity index (χ0v) is 14.1. The largest absolute Gasteiger partial charge is 0.465 e. The smallest absolute Gasteiger partial charge is 0.345 e. The number of carbonyl (C=O) groups excluding carboxylic acids is 4. The first-order valence-electron chi connectivity index (χ1n) is 8.29. The summed E-state index contributed by atoms with van der Waals surface area (Å²) in [6.45, 7) is 1.74. The summed E-state index contributed by atoms with van der Waals surface area (Å²) in [6.07, 6.45) is 4.50. The van der Waals surface area contributed by atoms with Crippen molar-refractivity contribution in [3.8, 4) is 0 Å². The predicted octanol–water partition coefficient (Wildman–Crippen LogP) is 1.65. The summed E-state index contributed by atoms with van der Waals surface area (Å²) in [4.78, 5) is 51.1. The molecule has 1 aromatic heterocycles. The summed E-state index contributed by atoms with van der Waals surface area (Å²) in [5.41, 5.74) is 0.149. The number of aryl methyl sites for hydroxylation is 1. The highest BCUT2D eigenvalue weighted by atomic mass is 16.5. The SMILES string of the molecule is CCc1noc(N2C(=O)C(=O)N(C3CCCCC3)C2=O)c1C(=O)OC. The monoisotopic (exact) mass is 349 g/mol. The highest BCUT2D eigenvalue weighted by Gasteiger charge is 2.51. The van der Waals surface area contributed by atoms with Crippen LogP contribution >= 0.6 is 0 Å². The third-order valence-electron chi connectivity index (χ3n) is 4.61. The van der Waals surface area contributed by atoms with Crippen molar-refractivity contribution in [3.63, 3.8) is 0 Å². The molecule has 1 aliphatic carbocycles. The minimum Gasteiger partial charge on any atom is -0.465 e. The molecule has 2 heterocycles. The predicted molar refractivity (Wildman–Crippen MR) is 83.8 cm³/mol. The number of aromatic nitrogens is 1. The topological polar surface area (TPSA) is 110 Å². The molecule has 0 N–H and O–H groups in total. The Hall–Kier alpha value is -2.71. The van der Waals surface area contributed by atoms with Gasteiger partial charge in [-0.05, 0) is 19.3 Å². The molecule has 3 rings (SSSR count). The number of amides is 4. The summed E-state index contributed by atoms with van der Waals surface area (Å²) in [7, 11) is 1.17. The number of imide groups is 2. The van der Waals surface area contributed by atoms with Gasteiger partial charge < -0.3 is 9.26 Å². The van der Waals surface area contributed by atoms with Gasteiger partial charge in [-0.1, -0.05) is 31.3 Å². The van der Waals surface area contributed by atoms with Gasteiger partial charge in [0.25, 0.3) is 5.88 Å². The standard InChI is InChI=1S/C16H19N3O6/c1-3-10-11(15(22)24-2)14(25-17-10)19-13(21)12(20)18(16(19)23)9-7-5-4-6-8-9/h9H,3-8H2,1-2H3. The van der Waals surface area contributed by atoms with E-state index in [1.54, 1.807) is 6.92 Å². The number of urea groups is 1. The Balaban J connectivity index is 1.99. The van der Waals surface area contributed by atoms with E-state index in [0.717, 1.165) is 24.2 Å². The van der Waals surface area contributed by atoms with Crippen LogP contribution in [0.3, 0.4) is 0 Å². The Kier molecular flexibility index (Phi) is 4.56. The van der Waals surface area contributed by atoms with Crippen molar-refractivity contribution >= 4 is 29.7 Å². The number of ether oxygens (including phenoxy) is 1. The van der Waals surface area contributed by atoms with Crippen molar-refractivity contribution in [2.24, 2.45) is 0 Å². The second-order valence-corrected chi connectivity index (χ2v) is 6.04. The lowest BCUT2D eigenvalue weighted by Gasteiger charge is -2.28. The Morgan fingerprint density at radius 2 is 1.88 bits per heavy atom. The molecule has 0 unspecified atom stereocenters. The third kappa shape index (κ3) is 2.69. The minimum absolute atomic E-state index is 0.106. The van der Waals surface area contributed by atoms with Crippen LogP contribution in [0.2, 0.25) is 0 Å². The molecule has 1 saturated heterocycles. The zero-order valence-electron chi connectivity index (χ0n) is 14.1. The lowest BCUT2D eigenvalue weighted by molar-refractivity contribution is -0.140. The summed E-state index contributed by atoms with van der Waals surface area (Å²) in [5, 5.41) is 3.73. The maximum atomic E-state index is 12.8. The molecule has 0 aromatic carbocycles. The summed E-state index contributed by atoms with van der Waals surface area (Å²) >= 11 is 0. The number of methoxy groups -OCH3 is 1. The van der Waals surface area contributed by atoms with Crippen molar-refractivity contribution in [3.05, 3.63) is 11.3 Å². The van der Waals surface area contributed by atoms with E-state index in [1.807, 2.05) is 0 Å². The zero-order chi connectivity index (χ0) is 18.1. The maximum absolute atomic E-state index is 12.8. The first kappa shape index (κ1) is 17.1. The number of esters is 1. The number of carbonyl (C=O) groups is 4. The van der Waals surface area contributed by atoms with Gasteiger partial charge in [0.05, 0.1) is 7.11 Å². The van der Waals surface area contributed by atoms with Crippen molar-refractivity contribution in [2.75, 3.05) is 12.0 Å². The van der Waals surface area contributed by atoms with Crippen LogP contribution in [0, 0.1) is 0 Å². The molecule has 1 aromatic rings. The third-order valence-corrected chi connectivity index (χ3v) is 4.61. The van der Waals surface area contributed by atoms with E-state index in [2.05, 4.69) is 5.16 Å². The van der Waals surface area contributed by atoms with Gasteiger partial charge in [0.2, 0.25) is 0 Å². The van der Waals surface area contributed by atoms with Crippen LogP contribution in [-0.4, -0.2) is 47.0 Å². The van der Waals surface area contributed by atoms with Gasteiger partial charge in [-0.2, -0.15) is 4.90 Å². The van der Waals surface area contributed by atoms with Gasteiger partial charge in [-0.25, -0.2) is 9.59 Å². The fourth-order valence-corrected chi connectivity index (χ4v) is 3.33. The number of hydrogen-bond acceptors (Lipinski definition) is 7. The summed E-state index contributed by atoms with van der Waals surface area (Å²) in [5.74, 6) is -3.08. The van der Waals surface area contributed by atoms with Crippen LogP contribution in [0.1, 0.15) is 55.1 Å². The van der Waals surface area contributed by atoms with Gasteiger partial charge in [0, 0.05) is 6.04 Å². The Morgan fingerprint density at radius 3 is 2.48 bits per heavy atom. The molecule has 9 heteroatoms. The molecule has 2 aliphatic rings. The molecule has 1 aliphatic heterocycles. The van der Waals surface area contributed by atoms with Crippen molar-refractivity contribution in [1.82, 2.24) is 10.1 Å². The Morgan fingerprint density at radius 1 is 1.20 bits per heavy atom. The van der Waals surface area contributed by atoms with Crippen LogP contribution < -0.4 is 4.90 Å². The van der Waals surface area contributed by atoms with Gasteiger partial charge in [0.15, 0.2) is 0 Å². The maximum Gasteiger partial charge on any atom is 0.345 e. The average molecular weight is 349 g/mol. The normalized spacial score (nSPS) is 19.0. The van der Waals surface area contributed by atoms with E-state index in [0.29, 0.717) is 24.2 Å². The van der Waals surface area contributed by atoms with Gasteiger partial charge >= 0.3 is 23.8 Å². The first-order valence-corrected chi connectivity index (χ1v) is 8.29. The Bertz CT molecular complexity index is 734. The molecule has 0 bridgehead atoms. The molecular formula is C16H19N3O6. The van der Waals surface area contributed by atoms with Crippen LogP contribution in [0.4, 0.5) is 10.7 Å². The molecule has 9 nitrogen and oxygen atoms in total. The summed E-state index contributed by atoms with van der Waals surface area (Å²) in [6, 6.07) is -1.11. The second-order valence-electron chi connectivity index (χ2n) is 6.04. The highest BCUT2D eigenvalue weighted by molar-refractivity contribution is 6.53. The van der Waals surface area contributed by atoms with Gasteiger partial charge in [0.1, 0.15) is 11.3 Å². The average Bonchev–Trinajstić information content (AvgIpc) is 3.14. The van der Waals surface area contributed by atoms with Gasteiger partial charge in [-0.3, -0.25) is 14.5 Å². The fourth-order valence-electron chi connectivity index (χ4n) is 3.33. The van der Waals surface area contributed by atoms with Crippen LogP contribution in [0.15, 0.2) is 4.52 Å². The van der Waals surface area contributed by atoms with E-state index < -0.39 is 23.8 Å². The second kappa shape index (κ2) is 6.66. The fraction of sp³-hybridized carbons (Fsp3) is 0.562. The van der Waals surface area contributed by atoms with Gasteiger partial charge in [-0.15, -0.1) is 0 Å². The van der Waals surface area contributed by atoms with E-state index in [1.165, 1.54) is 7.11 Å². The van der Waals surface area contributed by atoms with Crippen molar-refractivity contribution < 1.29 is 28.4 Å². The molecule has 0 radical (unpaired) electrons. The van der Waals surface area contributed by atoms with Crippen molar-refractivity contribution in [1.29, 1.82) is 0 Å². The quantitative estimate of drug-likeness (QED) is 0.462. The molecule has 0 atom stereocenters. The molecule has 1 saturated carbocycles. The van der Waals surface area contributed by atoms with E-state index in [-0.39, 0.29) is 23.2 Å². The minimum atomic E-state index is -1.04. The summed E-state index contributed by atoms with van der Waals surface area (Å²) < 4.78 is 9.76. The number of rotatable bonds is 4. The molecule has 25 heavy (non-hydrogen) atoms. The van der Waals surface area contributed by atoms with Crippen LogP contribution in [0.25, 0.3) is 0 Å². The number of nitrogens with zero attached hydrogens (tertiary/aromatic N) is 3. The number of hydrogen-bond donors (Lipinski definition) is 0. The first-order chi connectivity index (χ1) is 12.0. The molecular weight excluding hydrogens is 330 g/mol. The van der Waals surface area contributed by atoms with E-state index in [9.17, 15) is 19.2 Å². The lowest BCUT2D eigenvalue weighted by Crippen LogP contribution is -2.42. The lowest BCUT2D eigenvalue weighted by atomic mass is 9.94. The highest BCUT2D eigenvalue weighted by Crippen LogP contribution is 2.32. The molecule has 2 fully saturated rings. The van der Waals surface area contributed by atoms with Crippen LogP contribution in [-0.2, 0) is 20.7 Å². The number of anilines is 1. The molecule has 4 amide bonds. The Labute approximate surface area is 143 Å². The van der Waals surface area contributed by atoms with Crippen LogP contribution in [0.5, 0.6) is 0 Å². The van der Waals surface area contributed by atoms with E-state index in [4.69, 9.17) is 9.26 Å².